The predicted octanol–water partition coefficient (Wildman–Crippen LogP) is 2.83. The minimum atomic E-state index is 0.469. The molecule has 140 valence electrons. The van der Waals surface area contributed by atoms with Crippen LogP contribution in [0.4, 0.5) is 11.1 Å². The molecular formula is C19H23N7S. The van der Waals surface area contributed by atoms with Gasteiger partial charge in [-0.25, -0.2) is 9.50 Å². The third kappa shape index (κ3) is 2.02. The number of nitrogens with zero attached hydrogens (tertiary/aromatic N) is 6. The van der Waals surface area contributed by atoms with Gasteiger partial charge in [-0.15, -0.1) is 5.10 Å². The molecule has 4 atom stereocenters. The Balaban J connectivity index is 1.26. The van der Waals surface area contributed by atoms with E-state index in [2.05, 4.69) is 39.5 Å². The molecule has 6 rings (SSSR count). The highest BCUT2D eigenvalue weighted by atomic mass is 32.1. The molecule has 27 heavy (non-hydrogen) atoms. The minimum Gasteiger partial charge on any atom is -0.350 e. The van der Waals surface area contributed by atoms with Gasteiger partial charge in [0.05, 0.1) is 0 Å². The molecule has 4 heterocycles. The van der Waals surface area contributed by atoms with Gasteiger partial charge in [-0.1, -0.05) is 6.07 Å². The highest BCUT2D eigenvalue weighted by Gasteiger charge is 2.70. The van der Waals surface area contributed by atoms with E-state index in [0.29, 0.717) is 17.4 Å². The number of aryl methyl sites for hydroxylation is 3. The van der Waals surface area contributed by atoms with E-state index in [9.17, 15) is 0 Å². The molecular weight excluding hydrogens is 358 g/mol. The van der Waals surface area contributed by atoms with Crippen molar-refractivity contribution in [2.45, 2.75) is 39.7 Å². The molecule has 1 spiro atoms. The van der Waals surface area contributed by atoms with Crippen LogP contribution in [0.15, 0.2) is 12.1 Å². The lowest BCUT2D eigenvalue weighted by Gasteiger charge is -2.65. The van der Waals surface area contributed by atoms with Crippen molar-refractivity contribution >= 4 is 28.3 Å². The molecule has 8 heteroatoms. The van der Waals surface area contributed by atoms with E-state index < -0.39 is 0 Å². The first-order chi connectivity index (χ1) is 13.0. The molecule has 3 fully saturated rings. The van der Waals surface area contributed by atoms with E-state index >= 15 is 0 Å². The number of rotatable bonds is 3. The van der Waals surface area contributed by atoms with E-state index in [1.54, 1.807) is 0 Å². The van der Waals surface area contributed by atoms with Crippen LogP contribution in [0.1, 0.15) is 29.9 Å². The lowest BCUT2D eigenvalue weighted by Crippen LogP contribution is -2.68. The summed E-state index contributed by atoms with van der Waals surface area (Å²) in [5, 5.41) is 9.50. The van der Waals surface area contributed by atoms with E-state index in [1.807, 2.05) is 17.5 Å². The summed E-state index contributed by atoms with van der Waals surface area (Å²) in [6.07, 6.45) is 2.65. The quantitative estimate of drug-likeness (QED) is 0.752. The number of pyridine rings is 1. The number of hydrogen-bond acceptors (Lipinski definition) is 7. The molecule has 4 unspecified atom stereocenters. The van der Waals surface area contributed by atoms with Crippen molar-refractivity contribution in [2.24, 2.45) is 17.3 Å². The zero-order chi connectivity index (χ0) is 18.3. The van der Waals surface area contributed by atoms with Crippen LogP contribution < -0.4 is 10.2 Å². The molecule has 7 nitrogen and oxygen atoms in total. The van der Waals surface area contributed by atoms with Crippen molar-refractivity contribution in [3.63, 3.8) is 0 Å². The Bertz CT molecular complexity index is 1060. The number of anilines is 2. The van der Waals surface area contributed by atoms with Gasteiger partial charge < -0.3 is 10.2 Å². The molecule has 3 aliphatic rings. The van der Waals surface area contributed by atoms with Gasteiger partial charge in [0.25, 0.3) is 0 Å². The smallest absolute Gasteiger partial charge is 0.243 e. The van der Waals surface area contributed by atoms with Crippen molar-refractivity contribution in [3.05, 3.63) is 29.2 Å². The Morgan fingerprint density at radius 3 is 2.81 bits per heavy atom. The molecule has 0 amide bonds. The van der Waals surface area contributed by atoms with E-state index in [1.165, 1.54) is 29.9 Å². The molecule has 3 aromatic heterocycles. The standard InChI is InChI=1S/C19H23N7S/c1-10-4-5-15-21-17(23-26(15)11(10)2)22-16-13-6-7-19(13)9-25(8-14(16)19)18-20-12(3)24-27-18/h4-5,13-14,16H,6-9H2,1-3H3,(H,22,23). The second kappa shape index (κ2) is 5.19. The molecule has 0 radical (unpaired) electrons. The lowest BCUT2D eigenvalue weighted by molar-refractivity contribution is -0.117. The van der Waals surface area contributed by atoms with Gasteiger partial charge in [0.1, 0.15) is 5.82 Å². The fraction of sp³-hybridized carbons (Fsp3) is 0.579. The molecule has 1 N–H and O–H groups in total. The summed E-state index contributed by atoms with van der Waals surface area (Å²) in [5.74, 6) is 3.02. The highest BCUT2D eigenvalue weighted by molar-refractivity contribution is 7.09. The summed E-state index contributed by atoms with van der Waals surface area (Å²) in [4.78, 5) is 11.8. The van der Waals surface area contributed by atoms with Gasteiger partial charge in [0.15, 0.2) is 5.65 Å². The van der Waals surface area contributed by atoms with Crippen LogP contribution in [0.3, 0.4) is 0 Å². The number of fused-ring (bicyclic) bond motifs is 1. The van der Waals surface area contributed by atoms with Gasteiger partial charge in [0.2, 0.25) is 11.1 Å². The predicted molar refractivity (Wildman–Crippen MR) is 105 cm³/mol. The third-order valence-corrected chi connectivity index (χ3v) is 8.12. The maximum atomic E-state index is 4.73. The highest BCUT2D eigenvalue weighted by Crippen LogP contribution is 2.68. The van der Waals surface area contributed by atoms with Gasteiger partial charge in [-0.05, 0) is 56.6 Å². The van der Waals surface area contributed by atoms with Crippen LogP contribution in [0.5, 0.6) is 0 Å². The second-order valence-corrected chi connectivity index (χ2v) is 9.20. The maximum absolute atomic E-state index is 4.73. The molecule has 1 saturated heterocycles. The van der Waals surface area contributed by atoms with Gasteiger partial charge in [0, 0.05) is 42.3 Å². The zero-order valence-electron chi connectivity index (χ0n) is 15.8. The summed E-state index contributed by atoms with van der Waals surface area (Å²) in [7, 11) is 0. The summed E-state index contributed by atoms with van der Waals surface area (Å²) >= 11 is 1.53. The summed E-state index contributed by atoms with van der Waals surface area (Å²) in [5.41, 5.74) is 3.78. The van der Waals surface area contributed by atoms with Crippen LogP contribution in [-0.4, -0.2) is 43.1 Å². The van der Waals surface area contributed by atoms with E-state index in [4.69, 9.17) is 10.1 Å². The topological polar surface area (TPSA) is 71.2 Å². The number of hydrogen-bond donors (Lipinski definition) is 1. The van der Waals surface area contributed by atoms with E-state index in [-0.39, 0.29) is 0 Å². The van der Waals surface area contributed by atoms with Crippen LogP contribution in [-0.2, 0) is 0 Å². The van der Waals surface area contributed by atoms with Crippen LogP contribution in [0, 0.1) is 38.0 Å². The van der Waals surface area contributed by atoms with Crippen molar-refractivity contribution in [1.29, 1.82) is 0 Å². The maximum Gasteiger partial charge on any atom is 0.243 e. The van der Waals surface area contributed by atoms with Gasteiger partial charge in [-0.3, -0.25) is 0 Å². The minimum absolute atomic E-state index is 0.469. The van der Waals surface area contributed by atoms with E-state index in [0.717, 1.165) is 47.3 Å². The molecule has 2 aliphatic carbocycles. The summed E-state index contributed by atoms with van der Waals surface area (Å²) in [6.45, 7) is 8.37. The molecule has 1 aliphatic heterocycles. The average molecular weight is 382 g/mol. The number of aromatic nitrogens is 5. The molecule has 0 bridgehead atoms. The Morgan fingerprint density at radius 1 is 1.19 bits per heavy atom. The Kier molecular flexibility index (Phi) is 3.03. The van der Waals surface area contributed by atoms with Crippen molar-refractivity contribution < 1.29 is 0 Å². The normalized spacial score (nSPS) is 31.4. The Hall–Kier alpha value is -2.22. The first kappa shape index (κ1) is 15.8. The SMILES string of the molecule is Cc1nsc(N2CC3C(Nc4nc5ccc(C)c(C)n5n4)C4CCC43C2)n1. The Labute approximate surface area is 162 Å². The Morgan fingerprint density at radius 2 is 2.07 bits per heavy atom. The third-order valence-electron chi connectivity index (χ3n) is 7.25. The largest absolute Gasteiger partial charge is 0.350 e. The van der Waals surface area contributed by atoms with Crippen molar-refractivity contribution in [3.8, 4) is 0 Å². The van der Waals surface area contributed by atoms with Crippen LogP contribution in [0.2, 0.25) is 0 Å². The summed E-state index contributed by atoms with van der Waals surface area (Å²) < 4.78 is 6.32. The molecule has 3 aromatic rings. The zero-order valence-corrected chi connectivity index (χ0v) is 16.6. The number of nitrogens with one attached hydrogen (secondary N) is 1. The fourth-order valence-corrected chi connectivity index (χ4v) is 6.28. The van der Waals surface area contributed by atoms with Crippen LogP contribution >= 0.6 is 11.5 Å². The molecule has 0 aromatic carbocycles. The first-order valence-electron chi connectivity index (χ1n) is 9.70. The fourth-order valence-electron chi connectivity index (χ4n) is 5.60. The van der Waals surface area contributed by atoms with Crippen molar-refractivity contribution in [1.82, 2.24) is 24.0 Å². The average Bonchev–Trinajstić information content (AvgIpc) is 3.33. The van der Waals surface area contributed by atoms with Gasteiger partial charge in [-0.2, -0.15) is 9.36 Å². The van der Waals surface area contributed by atoms with Crippen molar-refractivity contribution in [2.75, 3.05) is 23.3 Å². The monoisotopic (exact) mass is 381 g/mol. The van der Waals surface area contributed by atoms with Crippen LogP contribution in [0.25, 0.3) is 5.65 Å². The second-order valence-electron chi connectivity index (χ2n) is 8.47. The van der Waals surface area contributed by atoms with Gasteiger partial charge >= 0.3 is 0 Å². The lowest BCUT2D eigenvalue weighted by atomic mass is 9.41. The first-order valence-corrected chi connectivity index (χ1v) is 10.5. The summed E-state index contributed by atoms with van der Waals surface area (Å²) in [6, 6.07) is 4.63. The molecule has 2 saturated carbocycles.